The largest absolute Gasteiger partial charge is 0.452 e. The molecule has 114 valence electrons. The van der Waals surface area contributed by atoms with Crippen molar-refractivity contribution in [2.24, 2.45) is 10.8 Å². The summed E-state index contributed by atoms with van der Waals surface area (Å²) in [5.74, 6) is -1.06. The number of hydrogen-bond acceptors (Lipinski definition) is 4. The lowest BCUT2D eigenvalue weighted by Crippen LogP contribution is -2.40. The highest BCUT2D eigenvalue weighted by molar-refractivity contribution is 7.09. The second-order valence-corrected chi connectivity index (χ2v) is 7.93. The first-order valence-electron chi connectivity index (χ1n) is 6.64. The molecule has 0 aromatic carbocycles. The van der Waals surface area contributed by atoms with Crippen LogP contribution in [0.3, 0.4) is 0 Å². The van der Waals surface area contributed by atoms with Crippen LogP contribution in [0.1, 0.15) is 52.8 Å². The molecule has 0 aliphatic heterocycles. The van der Waals surface area contributed by atoms with Gasteiger partial charge in [-0.1, -0.05) is 27.7 Å². The van der Waals surface area contributed by atoms with Gasteiger partial charge in [-0.15, -0.1) is 0 Å². The number of aromatic nitrogens is 2. The highest BCUT2D eigenvalue weighted by atomic mass is 32.1. The van der Waals surface area contributed by atoms with Crippen LogP contribution in [-0.4, -0.2) is 15.4 Å². The number of hydrogen-bond donors (Lipinski definition) is 1. The molecule has 1 saturated carbocycles. The first-order chi connectivity index (χ1) is 8.97. The number of halogens is 3. The number of anilines is 1. The van der Waals surface area contributed by atoms with Crippen molar-refractivity contribution in [3.05, 3.63) is 5.82 Å². The normalized spacial score (nSPS) is 22.8. The van der Waals surface area contributed by atoms with Crippen LogP contribution < -0.4 is 5.32 Å². The lowest BCUT2D eigenvalue weighted by molar-refractivity contribution is -0.144. The second-order valence-electron chi connectivity index (χ2n) is 7.18. The predicted molar refractivity (Wildman–Crippen MR) is 73.7 cm³/mol. The van der Waals surface area contributed by atoms with E-state index in [2.05, 4.69) is 42.4 Å². The molecule has 1 aliphatic rings. The number of alkyl halides is 3. The monoisotopic (exact) mass is 307 g/mol. The zero-order chi connectivity index (χ0) is 15.2. The van der Waals surface area contributed by atoms with Crippen molar-refractivity contribution in [3.63, 3.8) is 0 Å². The highest BCUT2D eigenvalue weighted by Crippen LogP contribution is 2.46. The topological polar surface area (TPSA) is 37.8 Å². The molecule has 0 amide bonds. The molecule has 0 unspecified atom stereocenters. The average Bonchev–Trinajstić information content (AvgIpc) is 2.59. The Bertz CT molecular complexity index is 463. The average molecular weight is 307 g/mol. The Morgan fingerprint density at radius 3 is 2.15 bits per heavy atom. The van der Waals surface area contributed by atoms with Crippen LogP contribution in [0.4, 0.5) is 18.3 Å². The summed E-state index contributed by atoms with van der Waals surface area (Å²) in [6, 6.07) is 0.141. The van der Waals surface area contributed by atoms with Crippen molar-refractivity contribution in [3.8, 4) is 0 Å². The summed E-state index contributed by atoms with van der Waals surface area (Å²) in [6.07, 6.45) is -1.50. The molecule has 1 aliphatic carbocycles. The van der Waals surface area contributed by atoms with E-state index in [-0.39, 0.29) is 22.0 Å². The van der Waals surface area contributed by atoms with Gasteiger partial charge in [0.15, 0.2) is 0 Å². The Hall–Kier alpha value is -0.850. The molecule has 0 radical (unpaired) electrons. The fraction of sp³-hybridized carbons (Fsp3) is 0.846. The molecule has 1 aromatic heterocycles. The fourth-order valence-electron chi connectivity index (χ4n) is 3.52. The van der Waals surface area contributed by atoms with E-state index in [9.17, 15) is 13.2 Å². The van der Waals surface area contributed by atoms with Gasteiger partial charge in [0.2, 0.25) is 11.0 Å². The van der Waals surface area contributed by atoms with E-state index >= 15 is 0 Å². The zero-order valence-electron chi connectivity index (χ0n) is 12.1. The van der Waals surface area contributed by atoms with Gasteiger partial charge in [0.25, 0.3) is 0 Å². The van der Waals surface area contributed by atoms with Crippen LogP contribution in [0.25, 0.3) is 0 Å². The fourth-order valence-corrected chi connectivity index (χ4v) is 4.18. The maximum Gasteiger partial charge on any atom is 0.452 e. The van der Waals surface area contributed by atoms with Crippen molar-refractivity contribution >= 4 is 16.7 Å². The van der Waals surface area contributed by atoms with Gasteiger partial charge < -0.3 is 5.32 Å². The molecule has 20 heavy (non-hydrogen) atoms. The van der Waals surface area contributed by atoms with Gasteiger partial charge in [-0.05, 0) is 30.1 Å². The van der Waals surface area contributed by atoms with Gasteiger partial charge in [0, 0.05) is 17.6 Å². The van der Waals surface area contributed by atoms with E-state index in [1.54, 1.807) is 0 Å². The lowest BCUT2D eigenvalue weighted by atomic mass is 9.63. The Morgan fingerprint density at radius 1 is 1.15 bits per heavy atom. The molecule has 0 saturated heterocycles. The van der Waals surface area contributed by atoms with Gasteiger partial charge in [-0.2, -0.15) is 22.5 Å². The van der Waals surface area contributed by atoms with Gasteiger partial charge in [-0.3, -0.25) is 0 Å². The van der Waals surface area contributed by atoms with Crippen LogP contribution in [0.15, 0.2) is 0 Å². The van der Waals surface area contributed by atoms with Crippen molar-refractivity contribution in [1.82, 2.24) is 9.36 Å². The SMILES string of the molecule is CC1(C)CC(Nc2nc(C(F)(F)F)ns2)CC(C)(C)C1. The smallest absolute Gasteiger partial charge is 0.358 e. The Balaban J connectivity index is 2.08. The molecule has 0 spiro atoms. The number of nitrogens with one attached hydrogen (secondary N) is 1. The molecular formula is C13H20F3N3S. The van der Waals surface area contributed by atoms with Gasteiger partial charge in [0.05, 0.1) is 0 Å². The highest BCUT2D eigenvalue weighted by Gasteiger charge is 2.39. The van der Waals surface area contributed by atoms with Crippen molar-refractivity contribution < 1.29 is 13.2 Å². The van der Waals surface area contributed by atoms with Crippen molar-refractivity contribution in [2.45, 2.75) is 59.2 Å². The second kappa shape index (κ2) is 4.86. The number of nitrogens with zero attached hydrogens (tertiary/aromatic N) is 2. The first kappa shape index (κ1) is 15.5. The summed E-state index contributed by atoms with van der Waals surface area (Å²) in [7, 11) is 0. The molecule has 1 N–H and O–H groups in total. The lowest BCUT2D eigenvalue weighted by Gasteiger charge is -2.45. The Morgan fingerprint density at radius 2 is 1.70 bits per heavy atom. The molecule has 1 heterocycles. The third-order valence-electron chi connectivity index (χ3n) is 3.56. The van der Waals surface area contributed by atoms with Crippen LogP contribution in [0.5, 0.6) is 0 Å². The van der Waals surface area contributed by atoms with E-state index in [0.717, 1.165) is 30.8 Å². The Kier molecular flexibility index (Phi) is 3.77. The molecule has 1 aromatic rings. The van der Waals surface area contributed by atoms with E-state index in [4.69, 9.17) is 0 Å². The van der Waals surface area contributed by atoms with Crippen molar-refractivity contribution in [1.29, 1.82) is 0 Å². The minimum atomic E-state index is -4.47. The number of rotatable bonds is 2. The summed E-state index contributed by atoms with van der Waals surface area (Å²) in [5, 5.41) is 3.39. The quantitative estimate of drug-likeness (QED) is 0.869. The van der Waals surface area contributed by atoms with Crippen LogP contribution >= 0.6 is 11.5 Å². The zero-order valence-corrected chi connectivity index (χ0v) is 13.0. The summed E-state index contributed by atoms with van der Waals surface area (Å²) in [5.41, 5.74) is 0.355. The summed E-state index contributed by atoms with van der Waals surface area (Å²) >= 11 is 0.778. The summed E-state index contributed by atoms with van der Waals surface area (Å²) in [4.78, 5) is 3.54. The molecule has 0 bridgehead atoms. The maximum atomic E-state index is 12.5. The predicted octanol–water partition coefficient (Wildman–Crippen LogP) is 4.57. The van der Waals surface area contributed by atoms with E-state index in [0.29, 0.717) is 0 Å². The van der Waals surface area contributed by atoms with E-state index in [1.165, 1.54) is 0 Å². The van der Waals surface area contributed by atoms with E-state index < -0.39 is 12.0 Å². The van der Waals surface area contributed by atoms with Gasteiger partial charge >= 0.3 is 6.18 Å². The Labute approximate surface area is 121 Å². The van der Waals surface area contributed by atoms with Crippen LogP contribution in [-0.2, 0) is 6.18 Å². The first-order valence-corrected chi connectivity index (χ1v) is 7.42. The summed E-state index contributed by atoms with van der Waals surface area (Å²) in [6.45, 7) is 8.79. The molecule has 3 nitrogen and oxygen atoms in total. The molecule has 2 rings (SSSR count). The standard InChI is InChI=1S/C13H20F3N3S/c1-11(2)5-8(6-12(3,4)7-11)17-10-18-9(19-20-10)13(14,15)16/h8H,5-7H2,1-4H3,(H,17,18,19). The van der Waals surface area contributed by atoms with Crippen molar-refractivity contribution in [2.75, 3.05) is 5.32 Å². The van der Waals surface area contributed by atoms with E-state index in [1.807, 2.05) is 0 Å². The molecular weight excluding hydrogens is 287 g/mol. The third-order valence-corrected chi connectivity index (χ3v) is 4.21. The third kappa shape index (κ3) is 3.84. The van der Waals surface area contributed by atoms with Gasteiger partial charge in [-0.25, -0.2) is 0 Å². The molecule has 7 heteroatoms. The minimum absolute atomic E-state index is 0.141. The van der Waals surface area contributed by atoms with Crippen LogP contribution in [0, 0.1) is 10.8 Å². The summed E-state index contributed by atoms with van der Waals surface area (Å²) < 4.78 is 40.8. The molecule has 0 atom stereocenters. The maximum absolute atomic E-state index is 12.5. The van der Waals surface area contributed by atoms with Gasteiger partial charge in [0.1, 0.15) is 0 Å². The molecule has 1 fully saturated rings. The minimum Gasteiger partial charge on any atom is -0.358 e. The van der Waals surface area contributed by atoms with Crippen LogP contribution in [0.2, 0.25) is 0 Å².